The highest BCUT2D eigenvalue weighted by Crippen LogP contribution is 2.25. The molecule has 8 heteroatoms. The summed E-state index contributed by atoms with van der Waals surface area (Å²) in [5.41, 5.74) is 7.89. The second-order valence-electron chi connectivity index (χ2n) is 6.80. The Balaban J connectivity index is 1.87. The highest BCUT2D eigenvalue weighted by atomic mass is 32.2. The van der Waals surface area contributed by atoms with Crippen LogP contribution in [0.15, 0.2) is 47.4 Å². The first kappa shape index (κ1) is 19.2. The molecule has 1 heterocycles. The molecule has 1 aliphatic rings. The Morgan fingerprint density at radius 1 is 1.11 bits per heavy atom. The molecule has 0 saturated carbocycles. The maximum Gasteiger partial charge on any atom is 0.255 e. The number of benzene rings is 2. The van der Waals surface area contributed by atoms with Crippen LogP contribution in [0.5, 0.6) is 0 Å². The minimum absolute atomic E-state index is 0.0524. The zero-order valence-corrected chi connectivity index (χ0v) is 16.3. The van der Waals surface area contributed by atoms with Crippen LogP contribution < -0.4 is 16.0 Å². The SMILES string of the molecule is CN(C)c1cccc(NC(=O)c2cc(N)cc(S(=O)(=O)N3CCCC3)c2)c1. The Labute approximate surface area is 159 Å². The Morgan fingerprint density at radius 3 is 2.48 bits per heavy atom. The van der Waals surface area contributed by atoms with Crippen LogP contribution in [0.1, 0.15) is 23.2 Å². The maximum atomic E-state index is 12.8. The van der Waals surface area contributed by atoms with E-state index in [1.807, 2.05) is 37.2 Å². The highest BCUT2D eigenvalue weighted by Gasteiger charge is 2.28. The molecule has 0 radical (unpaired) electrons. The van der Waals surface area contributed by atoms with Gasteiger partial charge in [-0.25, -0.2) is 8.42 Å². The van der Waals surface area contributed by atoms with E-state index in [9.17, 15) is 13.2 Å². The Bertz CT molecular complexity index is 951. The first-order valence-corrected chi connectivity index (χ1v) is 10.2. The number of carbonyl (C=O) groups excluding carboxylic acids is 1. The van der Waals surface area contributed by atoms with Crippen molar-refractivity contribution in [2.24, 2.45) is 0 Å². The summed E-state index contributed by atoms with van der Waals surface area (Å²) < 4.78 is 27.0. The fourth-order valence-corrected chi connectivity index (χ4v) is 4.64. The van der Waals surface area contributed by atoms with Crippen molar-refractivity contribution >= 4 is 33.0 Å². The molecule has 0 spiro atoms. The topological polar surface area (TPSA) is 95.7 Å². The minimum Gasteiger partial charge on any atom is -0.399 e. The van der Waals surface area contributed by atoms with E-state index in [2.05, 4.69) is 5.32 Å². The molecule has 27 heavy (non-hydrogen) atoms. The fourth-order valence-electron chi connectivity index (χ4n) is 3.04. The number of nitrogens with two attached hydrogens (primary N) is 1. The number of nitrogens with zero attached hydrogens (tertiary/aromatic N) is 2. The molecule has 7 nitrogen and oxygen atoms in total. The van der Waals surface area contributed by atoms with Gasteiger partial charge in [-0.1, -0.05) is 6.07 Å². The molecule has 0 bridgehead atoms. The number of sulfonamides is 1. The summed E-state index contributed by atoms with van der Waals surface area (Å²) >= 11 is 0. The number of nitrogen functional groups attached to an aromatic ring is 1. The monoisotopic (exact) mass is 388 g/mol. The van der Waals surface area contributed by atoms with Crippen LogP contribution in [0, 0.1) is 0 Å². The second-order valence-corrected chi connectivity index (χ2v) is 8.74. The van der Waals surface area contributed by atoms with E-state index in [1.54, 1.807) is 6.07 Å². The number of anilines is 3. The predicted octanol–water partition coefficient (Wildman–Crippen LogP) is 2.37. The van der Waals surface area contributed by atoms with Gasteiger partial charge in [0, 0.05) is 49.8 Å². The molecular formula is C19H24N4O3S. The van der Waals surface area contributed by atoms with Gasteiger partial charge < -0.3 is 16.0 Å². The minimum atomic E-state index is -3.64. The first-order valence-electron chi connectivity index (χ1n) is 8.77. The standard InChI is InChI=1S/C19H24N4O3S/c1-22(2)17-7-5-6-16(13-17)21-19(24)14-10-15(20)12-18(11-14)27(25,26)23-8-3-4-9-23/h5-7,10-13H,3-4,8-9,20H2,1-2H3,(H,21,24). The largest absolute Gasteiger partial charge is 0.399 e. The molecule has 3 rings (SSSR count). The molecule has 2 aromatic rings. The summed E-state index contributed by atoms with van der Waals surface area (Å²) in [5, 5.41) is 2.80. The molecule has 1 aliphatic heterocycles. The number of hydrogen-bond acceptors (Lipinski definition) is 5. The summed E-state index contributed by atoms with van der Waals surface area (Å²) in [7, 11) is 0.181. The fraction of sp³-hybridized carbons (Fsp3) is 0.316. The van der Waals surface area contributed by atoms with Crippen LogP contribution in [-0.4, -0.2) is 45.8 Å². The molecular weight excluding hydrogens is 364 g/mol. The molecule has 0 aliphatic carbocycles. The van der Waals surface area contributed by atoms with Gasteiger partial charge in [-0.15, -0.1) is 0 Å². The third kappa shape index (κ3) is 4.23. The number of carbonyl (C=O) groups is 1. The maximum absolute atomic E-state index is 12.8. The third-order valence-corrected chi connectivity index (χ3v) is 6.39. The van der Waals surface area contributed by atoms with Gasteiger partial charge in [0.2, 0.25) is 10.0 Å². The van der Waals surface area contributed by atoms with Gasteiger partial charge in [0.05, 0.1) is 4.90 Å². The summed E-state index contributed by atoms with van der Waals surface area (Å²) in [6, 6.07) is 11.6. The second kappa shape index (κ2) is 7.58. The summed E-state index contributed by atoms with van der Waals surface area (Å²) in [6.45, 7) is 0.992. The van der Waals surface area contributed by atoms with Crippen LogP contribution in [0.4, 0.5) is 17.1 Å². The summed E-state index contributed by atoms with van der Waals surface area (Å²) in [6.07, 6.45) is 1.69. The molecule has 0 aromatic heterocycles. The van der Waals surface area contributed by atoms with Gasteiger partial charge in [0.25, 0.3) is 5.91 Å². The van der Waals surface area contributed by atoms with Crippen molar-refractivity contribution in [3.8, 4) is 0 Å². The zero-order chi connectivity index (χ0) is 19.6. The Hall–Kier alpha value is -2.58. The van der Waals surface area contributed by atoms with Crippen molar-refractivity contribution in [2.45, 2.75) is 17.7 Å². The van der Waals surface area contributed by atoms with Crippen LogP contribution in [0.25, 0.3) is 0 Å². The number of hydrogen-bond donors (Lipinski definition) is 2. The normalized spacial score (nSPS) is 14.9. The number of nitrogens with one attached hydrogen (secondary N) is 1. The van der Waals surface area contributed by atoms with Crippen molar-refractivity contribution < 1.29 is 13.2 Å². The van der Waals surface area contributed by atoms with E-state index in [-0.39, 0.29) is 16.1 Å². The van der Waals surface area contributed by atoms with E-state index < -0.39 is 15.9 Å². The van der Waals surface area contributed by atoms with Crippen LogP contribution in [-0.2, 0) is 10.0 Å². The van der Waals surface area contributed by atoms with E-state index in [0.29, 0.717) is 18.8 Å². The first-order chi connectivity index (χ1) is 12.8. The van der Waals surface area contributed by atoms with Gasteiger partial charge in [-0.2, -0.15) is 4.31 Å². The van der Waals surface area contributed by atoms with Crippen LogP contribution in [0.3, 0.4) is 0 Å². The van der Waals surface area contributed by atoms with Gasteiger partial charge in [0.15, 0.2) is 0 Å². The molecule has 144 valence electrons. The lowest BCUT2D eigenvalue weighted by molar-refractivity contribution is 0.102. The lowest BCUT2D eigenvalue weighted by atomic mass is 10.2. The van der Waals surface area contributed by atoms with Gasteiger partial charge in [0.1, 0.15) is 0 Å². The van der Waals surface area contributed by atoms with Crippen molar-refractivity contribution in [1.29, 1.82) is 0 Å². The van der Waals surface area contributed by atoms with Crippen molar-refractivity contribution in [2.75, 3.05) is 43.1 Å². The Morgan fingerprint density at radius 2 is 1.81 bits per heavy atom. The van der Waals surface area contributed by atoms with E-state index in [0.717, 1.165) is 18.5 Å². The van der Waals surface area contributed by atoms with Crippen molar-refractivity contribution in [1.82, 2.24) is 4.31 Å². The Kier molecular flexibility index (Phi) is 5.38. The van der Waals surface area contributed by atoms with Gasteiger partial charge in [-0.05, 0) is 49.2 Å². The van der Waals surface area contributed by atoms with E-state index in [1.165, 1.54) is 22.5 Å². The van der Waals surface area contributed by atoms with E-state index >= 15 is 0 Å². The molecule has 1 fully saturated rings. The van der Waals surface area contributed by atoms with Gasteiger partial charge in [-0.3, -0.25) is 4.79 Å². The molecule has 3 N–H and O–H groups in total. The molecule has 2 aromatic carbocycles. The smallest absolute Gasteiger partial charge is 0.255 e. The van der Waals surface area contributed by atoms with Crippen LogP contribution >= 0.6 is 0 Å². The van der Waals surface area contributed by atoms with Crippen LogP contribution in [0.2, 0.25) is 0 Å². The third-order valence-electron chi connectivity index (χ3n) is 4.51. The highest BCUT2D eigenvalue weighted by molar-refractivity contribution is 7.89. The van der Waals surface area contributed by atoms with Gasteiger partial charge >= 0.3 is 0 Å². The quantitative estimate of drug-likeness (QED) is 0.767. The average Bonchev–Trinajstić information content (AvgIpc) is 3.17. The molecule has 0 unspecified atom stereocenters. The summed E-state index contributed by atoms with van der Waals surface area (Å²) in [5.74, 6) is -0.406. The number of rotatable bonds is 5. The molecule has 1 amide bonds. The molecule has 1 saturated heterocycles. The average molecular weight is 388 g/mol. The van der Waals surface area contributed by atoms with Crippen molar-refractivity contribution in [3.05, 3.63) is 48.0 Å². The zero-order valence-electron chi connectivity index (χ0n) is 15.5. The lowest BCUT2D eigenvalue weighted by Crippen LogP contribution is -2.28. The van der Waals surface area contributed by atoms with E-state index in [4.69, 9.17) is 5.73 Å². The summed E-state index contributed by atoms with van der Waals surface area (Å²) in [4.78, 5) is 14.6. The lowest BCUT2D eigenvalue weighted by Gasteiger charge is -2.17. The molecule has 0 atom stereocenters. The number of amides is 1. The van der Waals surface area contributed by atoms with Crippen molar-refractivity contribution in [3.63, 3.8) is 0 Å². The predicted molar refractivity (Wildman–Crippen MR) is 108 cm³/mol.